The van der Waals surface area contributed by atoms with Crippen molar-refractivity contribution in [2.24, 2.45) is 0 Å². The van der Waals surface area contributed by atoms with E-state index in [2.05, 4.69) is 0 Å². The standard InChI is InChI=1S/C13H17NO3/c1-2-17-13(15)14-8-9-16-10-12(14)11-6-4-3-5-7-11/h3-7,12H,2,8-10H2,1H3. The molecule has 1 saturated heterocycles. The van der Waals surface area contributed by atoms with E-state index in [4.69, 9.17) is 9.47 Å². The Labute approximate surface area is 101 Å². The molecule has 2 rings (SSSR count). The van der Waals surface area contributed by atoms with Gasteiger partial charge in [0.25, 0.3) is 0 Å². The van der Waals surface area contributed by atoms with E-state index in [1.54, 1.807) is 4.90 Å². The molecule has 0 aliphatic carbocycles. The van der Waals surface area contributed by atoms with Crippen LogP contribution in [0, 0.1) is 0 Å². The highest BCUT2D eigenvalue weighted by Gasteiger charge is 2.29. The summed E-state index contributed by atoms with van der Waals surface area (Å²) in [4.78, 5) is 13.6. The summed E-state index contributed by atoms with van der Waals surface area (Å²) in [5.41, 5.74) is 1.08. The zero-order chi connectivity index (χ0) is 12.1. The van der Waals surface area contributed by atoms with Crippen LogP contribution in [0.1, 0.15) is 18.5 Å². The minimum atomic E-state index is -0.260. The summed E-state index contributed by atoms with van der Waals surface area (Å²) in [6.07, 6.45) is -0.260. The minimum absolute atomic E-state index is 0.0380. The number of ether oxygens (including phenoxy) is 2. The van der Waals surface area contributed by atoms with Crippen LogP contribution in [0.5, 0.6) is 0 Å². The first kappa shape index (κ1) is 11.9. The average molecular weight is 235 g/mol. The molecule has 0 aromatic heterocycles. The van der Waals surface area contributed by atoms with Gasteiger partial charge in [0.1, 0.15) is 0 Å². The number of hydrogen-bond acceptors (Lipinski definition) is 3. The summed E-state index contributed by atoms with van der Waals surface area (Å²) in [5.74, 6) is 0. The van der Waals surface area contributed by atoms with Crippen molar-refractivity contribution < 1.29 is 14.3 Å². The number of rotatable bonds is 2. The van der Waals surface area contributed by atoms with E-state index in [-0.39, 0.29) is 12.1 Å². The van der Waals surface area contributed by atoms with Gasteiger partial charge in [0.15, 0.2) is 0 Å². The molecule has 1 aromatic carbocycles. The molecule has 0 saturated carbocycles. The summed E-state index contributed by atoms with van der Waals surface area (Å²) >= 11 is 0. The van der Waals surface area contributed by atoms with Crippen molar-refractivity contribution in [1.82, 2.24) is 4.90 Å². The SMILES string of the molecule is CCOC(=O)N1CCOCC1c1ccccc1. The Hall–Kier alpha value is -1.55. The van der Waals surface area contributed by atoms with Crippen LogP contribution in [-0.4, -0.2) is 37.4 Å². The normalized spacial score (nSPS) is 20.1. The van der Waals surface area contributed by atoms with Crippen LogP contribution in [0.25, 0.3) is 0 Å². The van der Waals surface area contributed by atoms with Gasteiger partial charge in [-0.15, -0.1) is 0 Å². The Morgan fingerprint density at radius 1 is 1.47 bits per heavy atom. The zero-order valence-corrected chi connectivity index (χ0v) is 9.96. The third-order valence-corrected chi connectivity index (χ3v) is 2.82. The molecular weight excluding hydrogens is 218 g/mol. The van der Waals surface area contributed by atoms with E-state index in [1.165, 1.54) is 0 Å². The first-order chi connectivity index (χ1) is 8.33. The van der Waals surface area contributed by atoms with Crippen LogP contribution < -0.4 is 0 Å². The van der Waals surface area contributed by atoms with Crippen molar-refractivity contribution in [2.45, 2.75) is 13.0 Å². The van der Waals surface area contributed by atoms with Gasteiger partial charge in [-0.1, -0.05) is 30.3 Å². The molecule has 1 aliphatic rings. The van der Waals surface area contributed by atoms with E-state index in [9.17, 15) is 4.79 Å². The van der Waals surface area contributed by atoms with E-state index in [0.717, 1.165) is 5.56 Å². The molecule has 0 spiro atoms. The van der Waals surface area contributed by atoms with E-state index < -0.39 is 0 Å². The van der Waals surface area contributed by atoms with Crippen molar-refractivity contribution in [3.63, 3.8) is 0 Å². The topological polar surface area (TPSA) is 38.8 Å². The minimum Gasteiger partial charge on any atom is -0.450 e. The van der Waals surface area contributed by atoms with Crippen LogP contribution in [0.15, 0.2) is 30.3 Å². The third-order valence-electron chi connectivity index (χ3n) is 2.82. The molecule has 0 bridgehead atoms. The molecule has 92 valence electrons. The number of amides is 1. The van der Waals surface area contributed by atoms with Gasteiger partial charge in [0.2, 0.25) is 0 Å². The smallest absolute Gasteiger partial charge is 0.410 e. The predicted octanol–water partition coefficient (Wildman–Crippen LogP) is 2.22. The van der Waals surface area contributed by atoms with Gasteiger partial charge in [-0.3, -0.25) is 4.90 Å². The summed E-state index contributed by atoms with van der Waals surface area (Å²) in [6.45, 7) is 3.90. The molecule has 1 aromatic rings. The second-order valence-electron chi connectivity index (χ2n) is 3.89. The Morgan fingerprint density at radius 2 is 2.24 bits per heavy atom. The molecule has 4 nitrogen and oxygen atoms in total. The summed E-state index contributed by atoms with van der Waals surface area (Å²) in [5, 5.41) is 0. The van der Waals surface area contributed by atoms with E-state index >= 15 is 0 Å². The van der Waals surface area contributed by atoms with Crippen molar-refractivity contribution in [3.8, 4) is 0 Å². The Bertz CT molecular complexity index is 366. The van der Waals surface area contributed by atoms with Crippen LogP contribution in [0.2, 0.25) is 0 Å². The largest absolute Gasteiger partial charge is 0.450 e. The summed E-state index contributed by atoms with van der Waals surface area (Å²) < 4.78 is 10.5. The summed E-state index contributed by atoms with van der Waals surface area (Å²) in [7, 11) is 0. The number of hydrogen-bond donors (Lipinski definition) is 0. The molecule has 1 amide bonds. The lowest BCUT2D eigenvalue weighted by Gasteiger charge is -2.34. The van der Waals surface area contributed by atoms with E-state index in [0.29, 0.717) is 26.4 Å². The van der Waals surface area contributed by atoms with Crippen molar-refractivity contribution in [1.29, 1.82) is 0 Å². The quantitative estimate of drug-likeness (QED) is 0.789. The second kappa shape index (κ2) is 5.68. The average Bonchev–Trinajstić information content (AvgIpc) is 2.40. The van der Waals surface area contributed by atoms with Gasteiger partial charge in [-0.05, 0) is 12.5 Å². The maximum atomic E-state index is 11.8. The molecule has 1 atom stereocenters. The van der Waals surface area contributed by atoms with Crippen molar-refractivity contribution >= 4 is 6.09 Å². The molecule has 0 radical (unpaired) electrons. The highest BCUT2D eigenvalue weighted by molar-refractivity contribution is 5.68. The first-order valence-electron chi connectivity index (χ1n) is 5.89. The zero-order valence-electron chi connectivity index (χ0n) is 9.96. The maximum absolute atomic E-state index is 11.8. The third kappa shape index (κ3) is 2.77. The van der Waals surface area contributed by atoms with Crippen LogP contribution in [-0.2, 0) is 9.47 Å². The Balaban J connectivity index is 2.15. The highest BCUT2D eigenvalue weighted by Crippen LogP contribution is 2.24. The van der Waals surface area contributed by atoms with Crippen LogP contribution >= 0.6 is 0 Å². The molecule has 4 heteroatoms. The fourth-order valence-electron chi connectivity index (χ4n) is 1.98. The number of nitrogens with zero attached hydrogens (tertiary/aromatic N) is 1. The molecule has 1 fully saturated rings. The van der Waals surface area contributed by atoms with Crippen molar-refractivity contribution in [3.05, 3.63) is 35.9 Å². The number of carbonyl (C=O) groups is 1. The second-order valence-corrected chi connectivity index (χ2v) is 3.89. The predicted molar refractivity (Wildman–Crippen MR) is 63.7 cm³/mol. The first-order valence-corrected chi connectivity index (χ1v) is 5.89. The molecule has 0 N–H and O–H groups in total. The number of morpholine rings is 1. The van der Waals surface area contributed by atoms with Gasteiger partial charge >= 0.3 is 6.09 Å². The van der Waals surface area contributed by atoms with Gasteiger partial charge in [0, 0.05) is 6.54 Å². The maximum Gasteiger partial charge on any atom is 0.410 e. The van der Waals surface area contributed by atoms with Gasteiger partial charge < -0.3 is 9.47 Å². The lowest BCUT2D eigenvalue weighted by Crippen LogP contribution is -2.43. The lowest BCUT2D eigenvalue weighted by atomic mass is 10.1. The molecular formula is C13H17NO3. The molecule has 1 aliphatic heterocycles. The van der Waals surface area contributed by atoms with Gasteiger partial charge in [-0.2, -0.15) is 0 Å². The fourth-order valence-corrected chi connectivity index (χ4v) is 1.98. The molecule has 1 heterocycles. The van der Waals surface area contributed by atoms with Crippen LogP contribution in [0.4, 0.5) is 4.79 Å². The van der Waals surface area contributed by atoms with Crippen LogP contribution in [0.3, 0.4) is 0 Å². The number of benzene rings is 1. The summed E-state index contributed by atoms with van der Waals surface area (Å²) in [6, 6.07) is 9.86. The van der Waals surface area contributed by atoms with Gasteiger partial charge in [0.05, 0.1) is 25.9 Å². The molecule has 17 heavy (non-hydrogen) atoms. The highest BCUT2D eigenvalue weighted by atomic mass is 16.6. The van der Waals surface area contributed by atoms with Gasteiger partial charge in [-0.25, -0.2) is 4.79 Å². The van der Waals surface area contributed by atoms with E-state index in [1.807, 2.05) is 37.3 Å². The fraction of sp³-hybridized carbons (Fsp3) is 0.462. The Morgan fingerprint density at radius 3 is 2.94 bits per heavy atom. The van der Waals surface area contributed by atoms with Crippen molar-refractivity contribution in [2.75, 3.05) is 26.4 Å². The Kier molecular flexibility index (Phi) is 3.98. The lowest BCUT2D eigenvalue weighted by molar-refractivity contribution is -0.00889. The monoisotopic (exact) mass is 235 g/mol. The number of carbonyl (C=O) groups excluding carboxylic acids is 1. The molecule has 1 unspecified atom stereocenters.